The van der Waals surface area contributed by atoms with Gasteiger partial charge >= 0.3 is 0 Å². The van der Waals surface area contributed by atoms with E-state index in [4.69, 9.17) is 26.8 Å². The van der Waals surface area contributed by atoms with Gasteiger partial charge < -0.3 is 20.5 Å². The third-order valence-electron chi connectivity index (χ3n) is 5.44. The van der Waals surface area contributed by atoms with Crippen LogP contribution >= 0.6 is 11.6 Å². The monoisotopic (exact) mass is 476 g/mol. The molecular formula is C26H25ClN4O3. The van der Waals surface area contributed by atoms with E-state index in [1.807, 2.05) is 18.2 Å². The van der Waals surface area contributed by atoms with Crippen LogP contribution in [-0.4, -0.2) is 23.0 Å². The van der Waals surface area contributed by atoms with Crippen molar-refractivity contribution in [2.75, 3.05) is 12.4 Å². The first-order valence-electron chi connectivity index (χ1n) is 10.9. The number of benzene rings is 2. The summed E-state index contributed by atoms with van der Waals surface area (Å²) in [5, 5.41) is 4.83. The minimum atomic E-state index is -0.531. The van der Waals surface area contributed by atoms with E-state index in [0.717, 1.165) is 29.6 Å². The summed E-state index contributed by atoms with van der Waals surface area (Å²) in [6.07, 6.45) is 3.63. The van der Waals surface area contributed by atoms with Crippen LogP contribution in [0.25, 0.3) is 11.0 Å². The van der Waals surface area contributed by atoms with Gasteiger partial charge in [-0.05, 0) is 61.9 Å². The lowest BCUT2D eigenvalue weighted by atomic mass is 10.1. The normalized spacial score (nSPS) is 10.8. The first kappa shape index (κ1) is 23.3. The third kappa shape index (κ3) is 4.75. The molecule has 0 radical (unpaired) electrons. The van der Waals surface area contributed by atoms with Gasteiger partial charge in [0.1, 0.15) is 0 Å². The lowest BCUT2D eigenvalue weighted by molar-refractivity contribution is 0.0999. The Hall–Kier alpha value is -3.84. The number of amides is 1. The Labute approximate surface area is 202 Å². The van der Waals surface area contributed by atoms with Crippen LogP contribution in [0, 0.1) is 6.92 Å². The molecule has 2 heterocycles. The van der Waals surface area contributed by atoms with Crippen molar-refractivity contribution in [1.82, 2.24) is 9.97 Å². The SMILES string of the molecule is CCCc1ccc2c(Nc3cc(Cl)ccc3Oc3ccc(C(N)=O)c(C)c3OC)ccnc2n1. The molecule has 7 nitrogen and oxygen atoms in total. The van der Waals surface area contributed by atoms with Crippen molar-refractivity contribution in [1.29, 1.82) is 0 Å². The van der Waals surface area contributed by atoms with E-state index in [9.17, 15) is 4.79 Å². The summed E-state index contributed by atoms with van der Waals surface area (Å²) in [5.74, 6) is 0.867. The largest absolute Gasteiger partial charge is 0.493 e. The number of hydrogen-bond acceptors (Lipinski definition) is 6. The highest BCUT2D eigenvalue weighted by atomic mass is 35.5. The number of methoxy groups -OCH3 is 1. The fourth-order valence-corrected chi connectivity index (χ4v) is 3.97. The molecule has 0 aliphatic rings. The number of nitrogens with zero attached hydrogens (tertiary/aromatic N) is 2. The van der Waals surface area contributed by atoms with Gasteiger partial charge in [0, 0.05) is 33.4 Å². The Morgan fingerprint density at radius 3 is 2.62 bits per heavy atom. The molecule has 0 unspecified atom stereocenters. The number of fused-ring (bicyclic) bond motifs is 1. The predicted octanol–water partition coefficient (Wildman–Crippen LogP) is 6.19. The molecule has 2 aromatic carbocycles. The molecule has 3 N–H and O–H groups in total. The van der Waals surface area contributed by atoms with Crippen LogP contribution < -0.4 is 20.5 Å². The average molecular weight is 477 g/mol. The Morgan fingerprint density at radius 2 is 1.88 bits per heavy atom. The van der Waals surface area contributed by atoms with Gasteiger partial charge in [0.05, 0.1) is 18.5 Å². The van der Waals surface area contributed by atoms with Gasteiger partial charge in [0.25, 0.3) is 0 Å². The number of hydrogen-bond donors (Lipinski definition) is 2. The molecule has 4 aromatic rings. The van der Waals surface area contributed by atoms with E-state index in [1.165, 1.54) is 7.11 Å². The molecule has 0 saturated carbocycles. The standard InChI is InChI=1S/C26H25ClN4O3/c1-4-5-17-7-8-19-20(12-13-29-26(19)30-17)31-21-14-16(27)6-10-22(21)34-23-11-9-18(25(28)32)15(2)24(23)33-3/h6-14H,4-5H2,1-3H3,(H2,28,32)(H,29,30,31). The van der Waals surface area contributed by atoms with E-state index < -0.39 is 5.91 Å². The molecule has 0 bridgehead atoms. The second-order valence-electron chi connectivity index (χ2n) is 7.78. The summed E-state index contributed by atoms with van der Waals surface area (Å²) < 4.78 is 11.7. The molecule has 2 aromatic heterocycles. The predicted molar refractivity (Wildman–Crippen MR) is 135 cm³/mol. The molecule has 0 saturated heterocycles. The van der Waals surface area contributed by atoms with E-state index in [2.05, 4.69) is 22.2 Å². The van der Waals surface area contributed by atoms with Crippen LogP contribution in [0.1, 0.15) is 35.0 Å². The fourth-order valence-electron chi connectivity index (χ4n) is 3.79. The summed E-state index contributed by atoms with van der Waals surface area (Å²) in [7, 11) is 1.52. The average Bonchev–Trinajstić information content (AvgIpc) is 2.81. The van der Waals surface area contributed by atoms with Crippen molar-refractivity contribution in [2.24, 2.45) is 5.73 Å². The molecule has 0 spiro atoms. The topological polar surface area (TPSA) is 99.4 Å². The summed E-state index contributed by atoms with van der Waals surface area (Å²) >= 11 is 6.30. The second-order valence-corrected chi connectivity index (χ2v) is 8.22. The van der Waals surface area contributed by atoms with E-state index >= 15 is 0 Å². The summed E-state index contributed by atoms with van der Waals surface area (Å²) in [5.41, 5.74) is 9.59. The smallest absolute Gasteiger partial charge is 0.249 e. The molecule has 8 heteroatoms. The van der Waals surface area contributed by atoms with Crippen molar-refractivity contribution >= 4 is 39.9 Å². The summed E-state index contributed by atoms with van der Waals surface area (Å²) in [6, 6.07) is 14.5. The van der Waals surface area contributed by atoms with E-state index in [1.54, 1.807) is 43.5 Å². The van der Waals surface area contributed by atoms with E-state index in [-0.39, 0.29) is 0 Å². The van der Waals surface area contributed by atoms with Gasteiger partial charge in [-0.15, -0.1) is 0 Å². The molecule has 4 rings (SSSR count). The van der Waals surface area contributed by atoms with Crippen LogP contribution in [0.15, 0.2) is 54.7 Å². The van der Waals surface area contributed by atoms with Crippen LogP contribution in [0.2, 0.25) is 5.02 Å². The molecule has 0 aliphatic heterocycles. The van der Waals surface area contributed by atoms with Gasteiger partial charge in [-0.2, -0.15) is 0 Å². The number of anilines is 2. The molecular weight excluding hydrogens is 452 g/mol. The number of aromatic nitrogens is 2. The minimum absolute atomic E-state index is 0.372. The number of primary amides is 1. The van der Waals surface area contributed by atoms with Gasteiger partial charge in [0.2, 0.25) is 5.91 Å². The Balaban J connectivity index is 1.72. The molecule has 0 atom stereocenters. The number of aryl methyl sites for hydroxylation is 1. The van der Waals surface area contributed by atoms with Gasteiger partial charge in [-0.25, -0.2) is 9.97 Å². The number of nitrogens with one attached hydrogen (secondary N) is 1. The summed E-state index contributed by atoms with van der Waals surface area (Å²) in [6.45, 7) is 3.88. The zero-order valence-electron chi connectivity index (χ0n) is 19.2. The third-order valence-corrected chi connectivity index (χ3v) is 5.67. The number of nitrogens with two attached hydrogens (primary N) is 1. The number of carbonyl (C=O) groups is 1. The maximum atomic E-state index is 11.7. The molecule has 1 amide bonds. The highest BCUT2D eigenvalue weighted by Gasteiger charge is 2.17. The number of pyridine rings is 2. The Kier molecular flexibility index (Phi) is 6.84. The van der Waals surface area contributed by atoms with Crippen molar-refractivity contribution in [3.05, 3.63) is 76.6 Å². The maximum Gasteiger partial charge on any atom is 0.249 e. The van der Waals surface area contributed by atoms with Crippen LogP contribution in [0.3, 0.4) is 0 Å². The van der Waals surface area contributed by atoms with Gasteiger partial charge in [0.15, 0.2) is 22.9 Å². The Morgan fingerprint density at radius 1 is 1.09 bits per heavy atom. The highest BCUT2D eigenvalue weighted by molar-refractivity contribution is 6.31. The van der Waals surface area contributed by atoms with Crippen molar-refractivity contribution in [2.45, 2.75) is 26.7 Å². The van der Waals surface area contributed by atoms with E-state index in [0.29, 0.717) is 44.7 Å². The quantitative estimate of drug-likeness (QED) is 0.314. The fraction of sp³-hybridized carbons (Fsp3) is 0.192. The van der Waals surface area contributed by atoms with Crippen molar-refractivity contribution in [3.63, 3.8) is 0 Å². The number of rotatable bonds is 8. The molecule has 174 valence electrons. The lowest BCUT2D eigenvalue weighted by Gasteiger charge is -2.18. The zero-order chi connectivity index (χ0) is 24.2. The number of ether oxygens (including phenoxy) is 2. The van der Waals surface area contributed by atoms with Gasteiger partial charge in [-0.1, -0.05) is 24.9 Å². The minimum Gasteiger partial charge on any atom is -0.493 e. The lowest BCUT2D eigenvalue weighted by Crippen LogP contribution is -2.13. The zero-order valence-corrected chi connectivity index (χ0v) is 19.9. The first-order valence-corrected chi connectivity index (χ1v) is 11.3. The highest BCUT2D eigenvalue weighted by Crippen LogP contribution is 2.40. The Bertz CT molecular complexity index is 1370. The maximum absolute atomic E-state index is 11.7. The molecule has 34 heavy (non-hydrogen) atoms. The molecule has 0 aliphatic carbocycles. The molecule has 0 fully saturated rings. The first-order chi connectivity index (χ1) is 16.4. The van der Waals surface area contributed by atoms with Crippen molar-refractivity contribution in [3.8, 4) is 17.2 Å². The van der Waals surface area contributed by atoms with Gasteiger partial charge in [-0.3, -0.25) is 4.79 Å². The number of carbonyl (C=O) groups excluding carboxylic acids is 1. The summed E-state index contributed by atoms with van der Waals surface area (Å²) in [4.78, 5) is 20.8. The second kappa shape index (κ2) is 9.97. The van der Waals surface area contributed by atoms with Crippen LogP contribution in [0.5, 0.6) is 17.2 Å². The number of halogens is 1. The van der Waals surface area contributed by atoms with Crippen LogP contribution in [-0.2, 0) is 6.42 Å². The van der Waals surface area contributed by atoms with Crippen LogP contribution in [0.4, 0.5) is 11.4 Å². The van der Waals surface area contributed by atoms with Crippen molar-refractivity contribution < 1.29 is 14.3 Å².